The van der Waals surface area contributed by atoms with Crippen molar-refractivity contribution in [2.45, 2.75) is 40.2 Å². The van der Waals surface area contributed by atoms with E-state index in [4.69, 9.17) is 0 Å². The Morgan fingerprint density at radius 2 is 1.78 bits per heavy atom. The molecule has 0 aliphatic heterocycles. The summed E-state index contributed by atoms with van der Waals surface area (Å²) in [6.45, 7) is 8.45. The Morgan fingerprint density at radius 3 is 2.28 bits per heavy atom. The smallest absolute Gasteiger partial charge is 0.0715 e. The van der Waals surface area contributed by atoms with E-state index in [2.05, 4.69) is 51.0 Å². The Balaban J connectivity index is 2.60. The first-order valence-corrected chi connectivity index (χ1v) is 6.29. The average Bonchev–Trinajstić information content (AvgIpc) is 2.71. The van der Waals surface area contributed by atoms with Crippen LogP contribution in [0, 0.1) is 13.8 Å². The lowest BCUT2D eigenvalue weighted by Gasteiger charge is -2.13. The van der Waals surface area contributed by atoms with Crippen molar-refractivity contribution < 1.29 is 5.11 Å². The lowest BCUT2D eigenvalue weighted by molar-refractivity contribution is 0.280. The minimum atomic E-state index is 0.0400. The number of nitrogens with zero attached hydrogens (tertiary/aromatic N) is 2. The van der Waals surface area contributed by atoms with Gasteiger partial charge in [-0.1, -0.05) is 19.9 Å². The zero-order chi connectivity index (χ0) is 13.3. The van der Waals surface area contributed by atoms with Crippen molar-refractivity contribution in [3.05, 3.63) is 46.8 Å². The van der Waals surface area contributed by atoms with Crippen LogP contribution in [0.15, 0.2) is 24.4 Å². The topological polar surface area (TPSA) is 38.0 Å². The first-order valence-electron chi connectivity index (χ1n) is 6.29. The Labute approximate surface area is 108 Å². The number of aliphatic hydroxyl groups excluding tert-OH is 1. The molecule has 0 bridgehead atoms. The molecular weight excluding hydrogens is 224 g/mol. The van der Waals surface area contributed by atoms with Gasteiger partial charge >= 0.3 is 0 Å². The number of hydrogen-bond acceptors (Lipinski definition) is 2. The molecule has 0 aliphatic carbocycles. The molecule has 2 rings (SSSR count). The summed E-state index contributed by atoms with van der Waals surface area (Å²) in [5, 5.41) is 13.8. The molecule has 0 aliphatic rings. The maximum atomic E-state index is 9.38. The van der Waals surface area contributed by atoms with E-state index in [9.17, 15) is 5.11 Å². The minimum absolute atomic E-state index is 0.0400. The van der Waals surface area contributed by atoms with E-state index < -0.39 is 0 Å². The maximum Gasteiger partial charge on any atom is 0.0715 e. The van der Waals surface area contributed by atoms with E-state index in [1.165, 1.54) is 11.1 Å². The molecular formula is C15H20N2O. The molecule has 0 amide bonds. The second-order valence-corrected chi connectivity index (χ2v) is 5.13. The predicted molar refractivity (Wildman–Crippen MR) is 73.0 cm³/mol. The summed E-state index contributed by atoms with van der Waals surface area (Å²) in [6, 6.07) is 6.38. The molecule has 1 aromatic carbocycles. The fourth-order valence-corrected chi connectivity index (χ4v) is 2.41. The fraction of sp³-hybridized carbons (Fsp3) is 0.400. The van der Waals surface area contributed by atoms with Gasteiger partial charge in [0, 0.05) is 5.56 Å². The van der Waals surface area contributed by atoms with Crippen LogP contribution in [0.4, 0.5) is 0 Å². The summed E-state index contributed by atoms with van der Waals surface area (Å²) in [5.41, 5.74) is 5.50. The first-order chi connectivity index (χ1) is 8.52. The summed E-state index contributed by atoms with van der Waals surface area (Å²) in [6.07, 6.45) is 1.76. The van der Waals surface area contributed by atoms with E-state index in [0.29, 0.717) is 5.92 Å². The lowest BCUT2D eigenvalue weighted by Crippen LogP contribution is -2.06. The molecule has 18 heavy (non-hydrogen) atoms. The van der Waals surface area contributed by atoms with Crippen molar-refractivity contribution in [2.24, 2.45) is 0 Å². The van der Waals surface area contributed by atoms with Crippen molar-refractivity contribution in [3.8, 4) is 5.69 Å². The van der Waals surface area contributed by atoms with Crippen molar-refractivity contribution in [3.63, 3.8) is 0 Å². The van der Waals surface area contributed by atoms with E-state index in [0.717, 1.165) is 16.9 Å². The molecule has 0 spiro atoms. The van der Waals surface area contributed by atoms with Gasteiger partial charge in [0.15, 0.2) is 0 Å². The van der Waals surface area contributed by atoms with Gasteiger partial charge in [0.05, 0.1) is 24.2 Å². The molecule has 1 aromatic heterocycles. The van der Waals surface area contributed by atoms with E-state index in [-0.39, 0.29) is 6.61 Å². The fourth-order valence-electron chi connectivity index (χ4n) is 2.41. The Bertz CT molecular complexity index is 535. The number of rotatable bonds is 3. The Kier molecular flexibility index (Phi) is 3.53. The molecule has 0 unspecified atom stereocenters. The van der Waals surface area contributed by atoms with Crippen LogP contribution in [0.25, 0.3) is 5.69 Å². The summed E-state index contributed by atoms with van der Waals surface area (Å²) in [4.78, 5) is 0. The Morgan fingerprint density at radius 1 is 1.17 bits per heavy atom. The van der Waals surface area contributed by atoms with Gasteiger partial charge in [0.1, 0.15) is 0 Å². The van der Waals surface area contributed by atoms with Crippen LogP contribution < -0.4 is 0 Å². The van der Waals surface area contributed by atoms with E-state index in [1.54, 1.807) is 6.20 Å². The summed E-state index contributed by atoms with van der Waals surface area (Å²) < 4.78 is 1.94. The maximum absolute atomic E-state index is 9.38. The monoisotopic (exact) mass is 244 g/mol. The zero-order valence-corrected chi connectivity index (χ0v) is 11.4. The lowest BCUT2D eigenvalue weighted by atomic mass is 10.1. The van der Waals surface area contributed by atoms with Crippen LogP contribution in [0.3, 0.4) is 0 Å². The summed E-state index contributed by atoms with van der Waals surface area (Å²) in [7, 11) is 0. The highest BCUT2D eigenvalue weighted by Crippen LogP contribution is 2.24. The zero-order valence-electron chi connectivity index (χ0n) is 11.4. The quantitative estimate of drug-likeness (QED) is 0.901. The average molecular weight is 244 g/mol. The number of aryl methyl sites for hydroxylation is 2. The molecule has 1 heterocycles. The molecule has 0 fully saturated rings. The van der Waals surface area contributed by atoms with Crippen molar-refractivity contribution in [1.82, 2.24) is 9.78 Å². The van der Waals surface area contributed by atoms with Crippen molar-refractivity contribution in [1.29, 1.82) is 0 Å². The molecule has 1 N–H and O–H groups in total. The number of aliphatic hydroxyl groups is 1. The SMILES string of the molecule is Cc1cc(C)cc(-n2ncc(CO)c2C(C)C)c1. The number of benzene rings is 1. The van der Waals surface area contributed by atoms with Crippen LogP contribution >= 0.6 is 0 Å². The summed E-state index contributed by atoms with van der Waals surface area (Å²) in [5.74, 6) is 0.329. The van der Waals surface area contributed by atoms with Gasteiger partial charge in [0.2, 0.25) is 0 Å². The van der Waals surface area contributed by atoms with Gasteiger partial charge in [-0.15, -0.1) is 0 Å². The molecule has 3 nitrogen and oxygen atoms in total. The highest BCUT2D eigenvalue weighted by atomic mass is 16.3. The second kappa shape index (κ2) is 4.94. The second-order valence-electron chi connectivity index (χ2n) is 5.13. The van der Waals surface area contributed by atoms with Gasteiger partial charge in [-0.05, 0) is 43.0 Å². The summed E-state index contributed by atoms with van der Waals surface area (Å²) >= 11 is 0. The van der Waals surface area contributed by atoms with Crippen molar-refractivity contribution in [2.75, 3.05) is 0 Å². The third-order valence-corrected chi connectivity index (χ3v) is 3.05. The van der Waals surface area contributed by atoms with E-state index in [1.807, 2.05) is 4.68 Å². The highest BCUT2D eigenvalue weighted by Gasteiger charge is 2.15. The van der Waals surface area contributed by atoms with Crippen LogP contribution in [0.2, 0.25) is 0 Å². The van der Waals surface area contributed by atoms with Crippen LogP contribution in [0.5, 0.6) is 0 Å². The standard InChI is InChI=1S/C15H20N2O/c1-10(2)15-13(9-18)8-16-17(15)14-6-11(3)5-12(4)7-14/h5-8,10,18H,9H2,1-4H3. The van der Waals surface area contributed by atoms with E-state index >= 15 is 0 Å². The molecule has 2 aromatic rings. The number of aromatic nitrogens is 2. The minimum Gasteiger partial charge on any atom is -0.392 e. The molecule has 0 radical (unpaired) electrons. The third-order valence-electron chi connectivity index (χ3n) is 3.05. The van der Waals surface area contributed by atoms with Crippen LogP contribution in [0.1, 0.15) is 42.1 Å². The molecule has 0 saturated carbocycles. The predicted octanol–water partition coefficient (Wildman–Crippen LogP) is 3.10. The van der Waals surface area contributed by atoms with Gasteiger partial charge in [-0.25, -0.2) is 4.68 Å². The molecule has 3 heteroatoms. The highest BCUT2D eigenvalue weighted by molar-refractivity contribution is 5.41. The molecule has 96 valence electrons. The van der Waals surface area contributed by atoms with Gasteiger partial charge in [0.25, 0.3) is 0 Å². The molecule has 0 saturated heterocycles. The largest absolute Gasteiger partial charge is 0.392 e. The first kappa shape index (κ1) is 12.8. The molecule has 0 atom stereocenters. The normalized spacial score (nSPS) is 11.2. The van der Waals surface area contributed by atoms with Crippen LogP contribution in [-0.2, 0) is 6.61 Å². The van der Waals surface area contributed by atoms with Crippen molar-refractivity contribution >= 4 is 0 Å². The number of hydrogen-bond donors (Lipinski definition) is 1. The third kappa shape index (κ3) is 2.31. The van der Waals surface area contributed by atoms with Gasteiger partial charge < -0.3 is 5.11 Å². The van der Waals surface area contributed by atoms with Gasteiger partial charge in [-0.3, -0.25) is 0 Å². The Hall–Kier alpha value is -1.61. The van der Waals surface area contributed by atoms with Gasteiger partial charge in [-0.2, -0.15) is 5.10 Å². The van der Waals surface area contributed by atoms with Crippen LogP contribution in [-0.4, -0.2) is 14.9 Å².